The third-order valence-electron chi connectivity index (χ3n) is 4.49. The van der Waals surface area contributed by atoms with E-state index in [1.54, 1.807) is 0 Å². The molecule has 1 aliphatic rings. The zero-order valence-corrected chi connectivity index (χ0v) is 15.4. The van der Waals surface area contributed by atoms with E-state index < -0.39 is 0 Å². The van der Waals surface area contributed by atoms with E-state index in [1.807, 2.05) is 6.20 Å². The Morgan fingerprint density at radius 1 is 1.32 bits per heavy atom. The Balaban J connectivity index is 1.93. The molecule has 0 saturated carbocycles. The fraction of sp³-hybridized carbons (Fsp3) is 0.556. The standard InChI is InChI=1S/C18H25N5O2/c1-17(2,3)16-19-9-10-12(7-18(4,5)8-13(10)21-16)20-15(25)11-6-14(24)23-22-11/h6,9,12H,7-8H2,1-5H3,(H,20,25)(H2,22,23,24)/t12-/m1/s1. The normalized spacial score (nSPS) is 19.3. The van der Waals surface area contributed by atoms with Crippen molar-refractivity contribution < 1.29 is 4.79 Å². The first-order valence-corrected chi connectivity index (χ1v) is 8.50. The average Bonchev–Trinajstić information content (AvgIpc) is 2.91. The van der Waals surface area contributed by atoms with Crippen LogP contribution in [-0.4, -0.2) is 26.1 Å². The van der Waals surface area contributed by atoms with Crippen LogP contribution < -0.4 is 10.9 Å². The monoisotopic (exact) mass is 343 g/mol. The second-order valence-electron chi connectivity index (χ2n) is 8.59. The summed E-state index contributed by atoms with van der Waals surface area (Å²) in [6, 6.07) is 1.07. The van der Waals surface area contributed by atoms with Crippen LogP contribution in [0, 0.1) is 5.41 Å². The first-order valence-electron chi connectivity index (χ1n) is 8.50. The molecule has 0 unspecified atom stereocenters. The number of aromatic amines is 2. The Bertz CT molecular complexity index is 857. The number of nitrogens with zero attached hydrogens (tertiary/aromatic N) is 2. The van der Waals surface area contributed by atoms with Crippen LogP contribution in [0.15, 0.2) is 17.1 Å². The molecule has 1 aliphatic carbocycles. The molecular weight excluding hydrogens is 318 g/mol. The summed E-state index contributed by atoms with van der Waals surface area (Å²) in [4.78, 5) is 33.0. The van der Waals surface area contributed by atoms with Crippen LogP contribution in [0.2, 0.25) is 0 Å². The highest BCUT2D eigenvalue weighted by atomic mass is 16.2. The molecule has 0 spiro atoms. The fourth-order valence-electron chi connectivity index (χ4n) is 3.23. The molecule has 134 valence electrons. The average molecular weight is 343 g/mol. The van der Waals surface area contributed by atoms with Gasteiger partial charge in [0, 0.05) is 28.9 Å². The third kappa shape index (κ3) is 3.65. The molecular formula is C18H25N5O2. The highest BCUT2D eigenvalue weighted by molar-refractivity contribution is 5.92. The summed E-state index contributed by atoms with van der Waals surface area (Å²) >= 11 is 0. The van der Waals surface area contributed by atoms with Gasteiger partial charge in [0.05, 0.1) is 6.04 Å². The zero-order valence-electron chi connectivity index (χ0n) is 15.4. The molecule has 0 bridgehead atoms. The lowest BCUT2D eigenvalue weighted by atomic mass is 9.74. The maximum atomic E-state index is 12.4. The van der Waals surface area contributed by atoms with Gasteiger partial charge in [-0.3, -0.25) is 19.8 Å². The van der Waals surface area contributed by atoms with E-state index in [-0.39, 0.29) is 34.0 Å². The zero-order chi connectivity index (χ0) is 18.4. The first-order chi connectivity index (χ1) is 11.5. The predicted molar refractivity (Wildman–Crippen MR) is 94.5 cm³/mol. The summed E-state index contributed by atoms with van der Waals surface area (Å²) in [5.41, 5.74) is 1.73. The minimum Gasteiger partial charge on any atom is -0.344 e. The van der Waals surface area contributed by atoms with Crippen molar-refractivity contribution in [1.29, 1.82) is 0 Å². The smallest absolute Gasteiger partial charge is 0.269 e. The second kappa shape index (κ2) is 5.82. The molecule has 0 radical (unpaired) electrons. The summed E-state index contributed by atoms with van der Waals surface area (Å²) in [7, 11) is 0. The molecule has 0 aromatic carbocycles. The van der Waals surface area contributed by atoms with Gasteiger partial charge >= 0.3 is 0 Å². The van der Waals surface area contributed by atoms with E-state index in [9.17, 15) is 9.59 Å². The number of rotatable bonds is 2. The Morgan fingerprint density at radius 2 is 2.04 bits per heavy atom. The van der Waals surface area contributed by atoms with Gasteiger partial charge in [-0.05, 0) is 18.3 Å². The van der Waals surface area contributed by atoms with Crippen LogP contribution in [-0.2, 0) is 11.8 Å². The highest BCUT2D eigenvalue weighted by Gasteiger charge is 2.35. The van der Waals surface area contributed by atoms with Crippen molar-refractivity contribution in [1.82, 2.24) is 25.5 Å². The quantitative estimate of drug-likeness (QED) is 0.778. The van der Waals surface area contributed by atoms with Crippen LogP contribution in [0.1, 0.15) is 74.7 Å². The number of amides is 1. The molecule has 2 aromatic heterocycles. The van der Waals surface area contributed by atoms with E-state index in [0.29, 0.717) is 0 Å². The molecule has 2 heterocycles. The molecule has 0 saturated heterocycles. The van der Waals surface area contributed by atoms with Gasteiger partial charge in [-0.2, -0.15) is 0 Å². The molecule has 7 heteroatoms. The van der Waals surface area contributed by atoms with Crippen LogP contribution in [0.4, 0.5) is 0 Å². The van der Waals surface area contributed by atoms with Gasteiger partial charge in [0.2, 0.25) is 0 Å². The summed E-state index contributed by atoms with van der Waals surface area (Å²) in [5, 5.41) is 7.98. The van der Waals surface area contributed by atoms with Crippen molar-refractivity contribution in [2.75, 3.05) is 0 Å². The largest absolute Gasteiger partial charge is 0.344 e. The van der Waals surface area contributed by atoms with Crippen LogP contribution in [0.3, 0.4) is 0 Å². The van der Waals surface area contributed by atoms with E-state index in [0.717, 1.165) is 29.9 Å². The van der Waals surface area contributed by atoms with Crippen molar-refractivity contribution in [2.24, 2.45) is 5.41 Å². The van der Waals surface area contributed by atoms with Gasteiger partial charge in [-0.25, -0.2) is 9.97 Å². The summed E-state index contributed by atoms with van der Waals surface area (Å²) in [6.07, 6.45) is 3.48. The minimum atomic E-state index is -0.326. The number of hydrogen-bond acceptors (Lipinski definition) is 4. The Hall–Kier alpha value is -2.44. The number of carbonyl (C=O) groups excluding carboxylic acids is 1. The molecule has 2 aromatic rings. The van der Waals surface area contributed by atoms with Crippen molar-refractivity contribution in [3.63, 3.8) is 0 Å². The van der Waals surface area contributed by atoms with Gasteiger partial charge in [0.25, 0.3) is 11.5 Å². The number of fused-ring (bicyclic) bond motifs is 1. The van der Waals surface area contributed by atoms with Crippen LogP contribution in [0.25, 0.3) is 0 Å². The molecule has 0 aliphatic heterocycles. The van der Waals surface area contributed by atoms with Gasteiger partial charge in [0.1, 0.15) is 11.5 Å². The van der Waals surface area contributed by atoms with Gasteiger partial charge < -0.3 is 5.32 Å². The first kappa shape index (κ1) is 17.4. The van der Waals surface area contributed by atoms with E-state index in [1.165, 1.54) is 6.07 Å². The summed E-state index contributed by atoms with van der Waals surface area (Å²) < 4.78 is 0. The van der Waals surface area contributed by atoms with E-state index in [4.69, 9.17) is 4.98 Å². The summed E-state index contributed by atoms with van der Waals surface area (Å²) in [6.45, 7) is 10.6. The topological polar surface area (TPSA) is 104 Å². The maximum Gasteiger partial charge on any atom is 0.269 e. The molecule has 25 heavy (non-hydrogen) atoms. The van der Waals surface area contributed by atoms with Crippen molar-refractivity contribution in [3.8, 4) is 0 Å². The number of H-pyrrole nitrogens is 2. The van der Waals surface area contributed by atoms with Crippen molar-refractivity contribution in [2.45, 2.75) is 58.9 Å². The molecule has 0 fully saturated rings. The highest BCUT2D eigenvalue weighted by Crippen LogP contribution is 2.40. The second-order valence-corrected chi connectivity index (χ2v) is 8.59. The summed E-state index contributed by atoms with van der Waals surface area (Å²) in [5.74, 6) is 0.496. The molecule has 3 N–H and O–H groups in total. The maximum absolute atomic E-state index is 12.4. The SMILES string of the molecule is CC1(C)Cc2nc(C(C)(C)C)ncc2[C@H](NC(=O)c2cc(=O)[nH][nH]2)C1. The predicted octanol–water partition coefficient (Wildman–Crippen LogP) is 2.23. The van der Waals surface area contributed by atoms with Gasteiger partial charge in [0.15, 0.2) is 0 Å². The Labute approximate surface area is 146 Å². The number of carbonyl (C=O) groups is 1. The van der Waals surface area contributed by atoms with Crippen molar-refractivity contribution in [3.05, 3.63) is 45.4 Å². The van der Waals surface area contributed by atoms with Crippen molar-refractivity contribution >= 4 is 5.91 Å². The van der Waals surface area contributed by atoms with Crippen LogP contribution in [0.5, 0.6) is 0 Å². The Kier molecular flexibility index (Phi) is 4.05. The fourth-order valence-corrected chi connectivity index (χ4v) is 3.23. The van der Waals surface area contributed by atoms with Gasteiger partial charge in [-0.15, -0.1) is 0 Å². The number of aromatic nitrogens is 4. The van der Waals surface area contributed by atoms with Crippen LogP contribution >= 0.6 is 0 Å². The van der Waals surface area contributed by atoms with E-state index in [2.05, 4.69) is 55.1 Å². The van der Waals surface area contributed by atoms with E-state index >= 15 is 0 Å². The number of nitrogens with one attached hydrogen (secondary N) is 3. The molecule has 1 atom stereocenters. The number of hydrogen-bond donors (Lipinski definition) is 3. The Morgan fingerprint density at radius 3 is 2.64 bits per heavy atom. The molecule has 7 nitrogen and oxygen atoms in total. The molecule has 3 rings (SSSR count). The lowest BCUT2D eigenvalue weighted by molar-refractivity contribution is 0.0913. The van der Waals surface area contributed by atoms with Gasteiger partial charge in [-0.1, -0.05) is 34.6 Å². The third-order valence-corrected chi connectivity index (χ3v) is 4.49. The lowest BCUT2D eigenvalue weighted by Gasteiger charge is -2.37. The minimum absolute atomic E-state index is 0.0139. The lowest BCUT2D eigenvalue weighted by Crippen LogP contribution is -2.38. The molecule has 1 amide bonds.